The maximum absolute atomic E-state index is 9.59. The summed E-state index contributed by atoms with van der Waals surface area (Å²) in [6, 6.07) is 16.9. The van der Waals surface area contributed by atoms with Gasteiger partial charge in [0.15, 0.2) is 0 Å². The number of aromatic nitrogens is 1. The number of benzene rings is 2. The molecule has 0 aliphatic rings. The van der Waals surface area contributed by atoms with Crippen LogP contribution in [0, 0.1) is 23.7 Å². The van der Waals surface area contributed by atoms with E-state index in [1.165, 1.54) is 0 Å². The minimum Gasteiger partial charge on any atom is -0.489 e. The fourth-order valence-corrected chi connectivity index (χ4v) is 2.93. The SMILES string of the molecule is Cc1cc(C(=N)C[C@H](C)O)c2ccc(OCc3ccc(C#N)cc3)cc2n1. The molecular formula is C22H21N3O2. The van der Waals surface area contributed by atoms with Gasteiger partial charge in [0.2, 0.25) is 0 Å². The molecule has 0 saturated heterocycles. The van der Waals surface area contributed by atoms with Crippen molar-refractivity contribution < 1.29 is 9.84 Å². The number of hydrogen-bond donors (Lipinski definition) is 2. The Morgan fingerprint density at radius 1 is 1.22 bits per heavy atom. The van der Waals surface area contributed by atoms with Gasteiger partial charge in [-0.1, -0.05) is 12.1 Å². The van der Waals surface area contributed by atoms with Gasteiger partial charge in [-0.2, -0.15) is 5.26 Å². The second kappa shape index (κ2) is 7.98. The molecule has 0 unspecified atom stereocenters. The monoisotopic (exact) mass is 359 g/mol. The highest BCUT2D eigenvalue weighted by Gasteiger charge is 2.12. The lowest BCUT2D eigenvalue weighted by atomic mass is 9.99. The van der Waals surface area contributed by atoms with Crippen molar-refractivity contribution in [2.75, 3.05) is 0 Å². The summed E-state index contributed by atoms with van der Waals surface area (Å²) in [6.45, 7) is 3.97. The molecule has 0 saturated carbocycles. The van der Waals surface area contributed by atoms with Crippen molar-refractivity contribution >= 4 is 16.6 Å². The number of hydrogen-bond acceptors (Lipinski definition) is 5. The molecule has 0 amide bonds. The number of nitrogens with zero attached hydrogens (tertiary/aromatic N) is 2. The van der Waals surface area contributed by atoms with Crippen LogP contribution in [0.3, 0.4) is 0 Å². The van der Waals surface area contributed by atoms with E-state index >= 15 is 0 Å². The molecule has 5 nitrogen and oxygen atoms in total. The van der Waals surface area contributed by atoms with E-state index in [0.29, 0.717) is 30.1 Å². The number of fused-ring (bicyclic) bond motifs is 1. The van der Waals surface area contributed by atoms with Gasteiger partial charge in [0.25, 0.3) is 0 Å². The first-order chi connectivity index (χ1) is 13.0. The average Bonchev–Trinajstić information content (AvgIpc) is 2.65. The number of aliphatic hydroxyl groups is 1. The van der Waals surface area contributed by atoms with E-state index in [4.69, 9.17) is 15.4 Å². The van der Waals surface area contributed by atoms with E-state index in [-0.39, 0.29) is 0 Å². The van der Waals surface area contributed by atoms with Crippen LogP contribution in [0.4, 0.5) is 0 Å². The lowest BCUT2D eigenvalue weighted by molar-refractivity contribution is 0.203. The fraction of sp³-hybridized carbons (Fsp3) is 0.227. The zero-order valence-corrected chi connectivity index (χ0v) is 15.4. The summed E-state index contributed by atoms with van der Waals surface area (Å²) >= 11 is 0. The molecule has 1 aromatic heterocycles. The second-order valence-corrected chi connectivity index (χ2v) is 6.62. The standard InChI is InChI=1S/C22H21N3O2/c1-14-9-20(21(24)10-15(2)26)19-8-7-18(11-22(19)25-14)27-13-17-5-3-16(12-23)4-6-17/h3-9,11,15,24,26H,10,13H2,1-2H3/t15-/m0/s1. The molecule has 0 bridgehead atoms. The number of rotatable bonds is 6. The third-order valence-corrected chi connectivity index (χ3v) is 4.22. The number of aryl methyl sites for hydroxylation is 1. The zero-order chi connectivity index (χ0) is 19.4. The highest BCUT2D eigenvalue weighted by molar-refractivity contribution is 6.09. The summed E-state index contributed by atoms with van der Waals surface area (Å²) in [6.07, 6.45) is -0.258. The Balaban J connectivity index is 1.84. The predicted octanol–water partition coefficient (Wildman–Crippen LogP) is 4.13. The average molecular weight is 359 g/mol. The Labute approximate surface area is 158 Å². The van der Waals surface area contributed by atoms with E-state index < -0.39 is 6.10 Å². The van der Waals surface area contributed by atoms with Crippen molar-refractivity contribution in [2.24, 2.45) is 0 Å². The first kappa shape index (κ1) is 18.6. The minimum absolute atomic E-state index is 0.301. The molecule has 1 atom stereocenters. The summed E-state index contributed by atoms with van der Waals surface area (Å²) in [5.74, 6) is 0.693. The summed E-state index contributed by atoms with van der Waals surface area (Å²) in [5.41, 5.74) is 4.36. The summed E-state index contributed by atoms with van der Waals surface area (Å²) in [5, 5.41) is 27.6. The van der Waals surface area contributed by atoms with Crippen LogP contribution in [-0.2, 0) is 6.61 Å². The van der Waals surface area contributed by atoms with Crippen molar-refractivity contribution in [1.29, 1.82) is 10.7 Å². The molecule has 5 heteroatoms. The molecule has 0 fully saturated rings. The van der Waals surface area contributed by atoms with E-state index in [1.54, 1.807) is 19.1 Å². The molecule has 2 N–H and O–H groups in total. The van der Waals surface area contributed by atoms with E-state index in [9.17, 15) is 5.11 Å². The maximum Gasteiger partial charge on any atom is 0.122 e. The largest absolute Gasteiger partial charge is 0.489 e. The van der Waals surface area contributed by atoms with Gasteiger partial charge in [-0.3, -0.25) is 4.98 Å². The first-order valence-electron chi connectivity index (χ1n) is 8.75. The van der Waals surface area contributed by atoms with E-state index in [0.717, 1.165) is 27.7 Å². The fourth-order valence-electron chi connectivity index (χ4n) is 2.93. The quantitative estimate of drug-likeness (QED) is 0.648. The maximum atomic E-state index is 9.59. The molecule has 3 aromatic rings. The van der Waals surface area contributed by atoms with Gasteiger partial charge in [0.1, 0.15) is 12.4 Å². The van der Waals surface area contributed by atoms with Crippen LogP contribution >= 0.6 is 0 Å². The Morgan fingerprint density at radius 2 is 1.96 bits per heavy atom. The zero-order valence-electron chi connectivity index (χ0n) is 15.4. The van der Waals surface area contributed by atoms with Gasteiger partial charge in [-0.25, -0.2) is 0 Å². The van der Waals surface area contributed by atoms with Crippen LogP contribution in [-0.4, -0.2) is 21.9 Å². The van der Waals surface area contributed by atoms with Crippen LogP contribution in [0.25, 0.3) is 10.9 Å². The first-order valence-corrected chi connectivity index (χ1v) is 8.75. The molecule has 3 rings (SSSR count). The van der Waals surface area contributed by atoms with Crippen molar-refractivity contribution in [3.63, 3.8) is 0 Å². The highest BCUT2D eigenvalue weighted by atomic mass is 16.5. The molecule has 1 heterocycles. The third-order valence-electron chi connectivity index (χ3n) is 4.22. The predicted molar refractivity (Wildman–Crippen MR) is 105 cm³/mol. The van der Waals surface area contributed by atoms with Crippen molar-refractivity contribution in [2.45, 2.75) is 33.0 Å². The van der Waals surface area contributed by atoms with Gasteiger partial charge in [-0.05, 0) is 49.7 Å². The molecule has 0 spiro atoms. The number of aliphatic hydroxyl groups excluding tert-OH is 1. The highest BCUT2D eigenvalue weighted by Crippen LogP contribution is 2.25. The number of ether oxygens (including phenoxy) is 1. The number of nitrogens with one attached hydrogen (secondary N) is 1. The molecule has 0 radical (unpaired) electrons. The Kier molecular flexibility index (Phi) is 5.49. The van der Waals surface area contributed by atoms with Crippen LogP contribution in [0.15, 0.2) is 48.5 Å². The van der Waals surface area contributed by atoms with Crippen LogP contribution < -0.4 is 4.74 Å². The molecule has 0 aliphatic heterocycles. The smallest absolute Gasteiger partial charge is 0.122 e. The Bertz CT molecular complexity index is 1020. The topological polar surface area (TPSA) is 90.0 Å². The molecule has 2 aromatic carbocycles. The molecule has 136 valence electrons. The van der Waals surface area contributed by atoms with Crippen LogP contribution in [0.2, 0.25) is 0 Å². The van der Waals surface area contributed by atoms with Crippen LogP contribution in [0.1, 0.15) is 35.7 Å². The Hall–Kier alpha value is -3.23. The lowest BCUT2D eigenvalue weighted by Gasteiger charge is -2.12. The Morgan fingerprint density at radius 3 is 2.63 bits per heavy atom. The summed E-state index contributed by atoms with van der Waals surface area (Å²) in [7, 11) is 0. The molecule has 27 heavy (non-hydrogen) atoms. The van der Waals surface area contributed by atoms with Gasteiger partial charge >= 0.3 is 0 Å². The van der Waals surface area contributed by atoms with Crippen molar-refractivity contribution in [3.05, 3.63) is 70.9 Å². The van der Waals surface area contributed by atoms with Gasteiger partial charge in [-0.15, -0.1) is 0 Å². The summed E-state index contributed by atoms with van der Waals surface area (Å²) < 4.78 is 5.86. The molecule has 0 aliphatic carbocycles. The van der Waals surface area contributed by atoms with Gasteiger partial charge in [0.05, 0.1) is 23.3 Å². The number of nitriles is 1. The van der Waals surface area contributed by atoms with E-state index in [2.05, 4.69) is 11.1 Å². The van der Waals surface area contributed by atoms with Crippen LogP contribution in [0.5, 0.6) is 5.75 Å². The van der Waals surface area contributed by atoms with Gasteiger partial charge in [0, 0.05) is 34.8 Å². The summed E-state index contributed by atoms with van der Waals surface area (Å²) in [4.78, 5) is 4.56. The van der Waals surface area contributed by atoms with Crippen molar-refractivity contribution in [1.82, 2.24) is 4.98 Å². The molecular weight excluding hydrogens is 338 g/mol. The lowest BCUT2D eigenvalue weighted by Crippen LogP contribution is -2.10. The second-order valence-electron chi connectivity index (χ2n) is 6.62. The minimum atomic E-state index is -0.559. The third kappa shape index (κ3) is 4.49. The van der Waals surface area contributed by atoms with Gasteiger partial charge < -0.3 is 15.3 Å². The van der Waals surface area contributed by atoms with E-state index in [1.807, 2.05) is 43.3 Å². The number of pyridine rings is 1. The van der Waals surface area contributed by atoms with Crippen molar-refractivity contribution in [3.8, 4) is 11.8 Å². The normalized spacial score (nSPS) is 11.8.